The van der Waals surface area contributed by atoms with E-state index < -0.39 is 15.7 Å². The topological polar surface area (TPSA) is 116 Å². The van der Waals surface area contributed by atoms with Crippen molar-refractivity contribution < 1.29 is 13.2 Å². The number of aliphatic imine (C=N–C) groups is 1. The van der Waals surface area contributed by atoms with Gasteiger partial charge in [-0.1, -0.05) is 39.2 Å². The summed E-state index contributed by atoms with van der Waals surface area (Å²) in [6.07, 6.45) is 6.53. The molecule has 0 saturated heterocycles. The van der Waals surface area contributed by atoms with Crippen LogP contribution in [0.2, 0.25) is 0 Å². The van der Waals surface area contributed by atoms with Crippen molar-refractivity contribution in [3.05, 3.63) is 28.8 Å². The molecular formula is C19H29N3O3S. The Bertz CT molecular complexity index is 804. The fourth-order valence-electron chi connectivity index (χ4n) is 3.85. The highest BCUT2D eigenvalue weighted by Crippen LogP contribution is 2.40. The second-order valence-electron chi connectivity index (χ2n) is 7.33. The van der Waals surface area contributed by atoms with E-state index in [2.05, 4.69) is 11.9 Å². The summed E-state index contributed by atoms with van der Waals surface area (Å²) in [5, 5.41) is 0. The Morgan fingerprint density at radius 3 is 2.31 bits per heavy atom. The number of benzene rings is 1. The molecule has 0 unspecified atom stereocenters. The Balaban J connectivity index is 2.65. The van der Waals surface area contributed by atoms with Crippen molar-refractivity contribution in [3.63, 3.8) is 0 Å². The minimum atomic E-state index is -3.50. The smallest absolute Gasteiger partial charge is 0.280 e. The van der Waals surface area contributed by atoms with Crippen LogP contribution >= 0.6 is 0 Å². The van der Waals surface area contributed by atoms with E-state index in [1.165, 1.54) is 6.26 Å². The first-order valence-electron chi connectivity index (χ1n) is 9.14. The second kappa shape index (κ2) is 8.20. The third kappa shape index (κ3) is 4.63. The number of hydrogen-bond acceptors (Lipinski definition) is 3. The predicted octanol–water partition coefficient (Wildman–Crippen LogP) is 2.75. The highest BCUT2D eigenvalue weighted by molar-refractivity contribution is 7.90. The summed E-state index contributed by atoms with van der Waals surface area (Å²) in [5.74, 6) is -0.0459. The average molecular weight is 380 g/mol. The van der Waals surface area contributed by atoms with Gasteiger partial charge in [0.15, 0.2) is 15.8 Å². The van der Waals surface area contributed by atoms with Crippen LogP contribution in [0.15, 0.2) is 22.0 Å². The number of nitrogens with two attached hydrogens (primary N) is 2. The normalized spacial score (nSPS) is 20.6. The van der Waals surface area contributed by atoms with Gasteiger partial charge in [0.05, 0.1) is 4.90 Å². The van der Waals surface area contributed by atoms with Gasteiger partial charge in [0.1, 0.15) is 0 Å². The van der Waals surface area contributed by atoms with Gasteiger partial charge in [-0.25, -0.2) is 8.42 Å². The molecule has 0 bridgehead atoms. The summed E-state index contributed by atoms with van der Waals surface area (Å²) in [5.41, 5.74) is 12.3. The number of hydrogen-bond donors (Lipinski definition) is 2. The van der Waals surface area contributed by atoms with E-state index >= 15 is 0 Å². The molecule has 144 valence electrons. The molecule has 7 heteroatoms. The molecule has 0 atom stereocenters. The molecular weight excluding hydrogens is 350 g/mol. The molecule has 1 saturated carbocycles. The Hall–Kier alpha value is -1.89. The van der Waals surface area contributed by atoms with Crippen molar-refractivity contribution in [2.45, 2.75) is 63.2 Å². The third-order valence-electron chi connectivity index (χ3n) is 5.08. The van der Waals surface area contributed by atoms with Gasteiger partial charge in [-0.3, -0.25) is 4.79 Å². The molecule has 2 rings (SSSR count). The quantitative estimate of drug-likeness (QED) is 0.603. The Morgan fingerprint density at radius 1 is 1.19 bits per heavy atom. The average Bonchev–Trinajstić information content (AvgIpc) is 2.53. The van der Waals surface area contributed by atoms with Crippen LogP contribution < -0.4 is 11.5 Å². The van der Waals surface area contributed by atoms with Crippen molar-refractivity contribution >= 4 is 21.7 Å². The summed E-state index contributed by atoms with van der Waals surface area (Å²) in [6, 6.07) is 3.47. The maximum absolute atomic E-state index is 12.7. The van der Waals surface area contributed by atoms with Crippen LogP contribution in [0.25, 0.3) is 0 Å². The number of guanidine groups is 1. The van der Waals surface area contributed by atoms with Crippen molar-refractivity contribution in [2.24, 2.45) is 22.4 Å². The lowest BCUT2D eigenvalue weighted by atomic mass is 9.78. The van der Waals surface area contributed by atoms with Gasteiger partial charge in [-0.15, -0.1) is 0 Å². The maximum Gasteiger partial charge on any atom is 0.280 e. The summed E-state index contributed by atoms with van der Waals surface area (Å²) in [4.78, 5) is 16.3. The molecule has 1 fully saturated rings. The molecule has 6 nitrogen and oxygen atoms in total. The number of carbonyl (C=O) groups is 1. The molecule has 26 heavy (non-hydrogen) atoms. The Morgan fingerprint density at radius 2 is 1.81 bits per heavy atom. The van der Waals surface area contributed by atoms with Crippen molar-refractivity contribution in [1.29, 1.82) is 0 Å². The second-order valence-corrected chi connectivity index (χ2v) is 9.28. The lowest BCUT2D eigenvalue weighted by Crippen LogP contribution is -2.25. The number of nitrogens with zero attached hydrogens (tertiary/aromatic N) is 1. The summed E-state index contributed by atoms with van der Waals surface area (Å²) in [6.45, 7) is 4.18. The van der Waals surface area contributed by atoms with Crippen LogP contribution in [0.5, 0.6) is 0 Å². The molecule has 1 amide bonds. The van der Waals surface area contributed by atoms with E-state index in [1.54, 1.807) is 12.1 Å². The molecule has 1 aromatic carbocycles. The summed E-state index contributed by atoms with van der Waals surface area (Å²) < 4.78 is 25.3. The highest BCUT2D eigenvalue weighted by atomic mass is 32.2. The van der Waals surface area contributed by atoms with Gasteiger partial charge in [0.25, 0.3) is 5.91 Å². The molecule has 0 radical (unpaired) electrons. The summed E-state index contributed by atoms with van der Waals surface area (Å²) in [7, 11) is -3.50. The van der Waals surface area contributed by atoms with Crippen LogP contribution in [-0.4, -0.2) is 26.5 Å². The molecule has 0 aromatic heterocycles. The summed E-state index contributed by atoms with van der Waals surface area (Å²) >= 11 is 0. The zero-order valence-electron chi connectivity index (χ0n) is 15.8. The lowest BCUT2D eigenvalue weighted by Gasteiger charge is -2.29. The zero-order valence-corrected chi connectivity index (χ0v) is 16.6. The third-order valence-corrected chi connectivity index (χ3v) is 6.30. The molecule has 0 aliphatic heterocycles. The van der Waals surface area contributed by atoms with E-state index in [1.807, 2.05) is 6.92 Å². The van der Waals surface area contributed by atoms with Crippen LogP contribution in [-0.2, 0) is 16.3 Å². The van der Waals surface area contributed by atoms with Gasteiger partial charge in [0.2, 0.25) is 0 Å². The Labute approximate surface area is 156 Å². The van der Waals surface area contributed by atoms with Crippen molar-refractivity contribution in [2.75, 3.05) is 6.26 Å². The number of sulfone groups is 1. The molecule has 0 spiro atoms. The van der Waals surface area contributed by atoms with Crippen LogP contribution in [0, 0.1) is 5.92 Å². The zero-order chi connectivity index (χ0) is 19.5. The van der Waals surface area contributed by atoms with Gasteiger partial charge >= 0.3 is 0 Å². The standard InChI is InChI=1S/C19H29N3O3S/c1-4-5-15-16(18(23)22-19(20)21)11-10-14(17(15)26(3,24)25)13-8-6-12(2)7-9-13/h10-13H,4-9H2,1-3H3,(H4,20,21,22,23). The first kappa shape index (κ1) is 20.4. The monoisotopic (exact) mass is 379 g/mol. The van der Waals surface area contributed by atoms with Crippen LogP contribution in [0.4, 0.5) is 0 Å². The molecule has 1 aliphatic carbocycles. The van der Waals surface area contributed by atoms with Gasteiger partial charge < -0.3 is 11.5 Å². The fourth-order valence-corrected chi connectivity index (χ4v) is 5.17. The predicted molar refractivity (Wildman–Crippen MR) is 104 cm³/mol. The van der Waals surface area contributed by atoms with Crippen molar-refractivity contribution in [1.82, 2.24) is 0 Å². The minimum Gasteiger partial charge on any atom is -0.370 e. The largest absolute Gasteiger partial charge is 0.370 e. The van der Waals surface area contributed by atoms with E-state index in [9.17, 15) is 13.2 Å². The highest BCUT2D eigenvalue weighted by Gasteiger charge is 2.29. The van der Waals surface area contributed by atoms with E-state index in [0.29, 0.717) is 22.8 Å². The van der Waals surface area contributed by atoms with Crippen LogP contribution in [0.3, 0.4) is 0 Å². The molecule has 4 N–H and O–H groups in total. The number of rotatable bonds is 5. The van der Waals surface area contributed by atoms with Crippen LogP contribution in [0.1, 0.15) is 73.4 Å². The first-order valence-corrected chi connectivity index (χ1v) is 11.0. The van der Waals surface area contributed by atoms with Gasteiger partial charge in [0, 0.05) is 11.8 Å². The maximum atomic E-state index is 12.7. The van der Waals surface area contributed by atoms with Gasteiger partial charge in [-0.05, 0) is 48.3 Å². The molecule has 0 heterocycles. The lowest BCUT2D eigenvalue weighted by molar-refractivity contribution is 0.100. The van der Waals surface area contributed by atoms with E-state index in [4.69, 9.17) is 11.5 Å². The molecule has 1 aromatic rings. The number of amides is 1. The Kier molecular flexibility index (Phi) is 6.44. The van der Waals surface area contributed by atoms with Gasteiger partial charge in [-0.2, -0.15) is 4.99 Å². The number of carbonyl (C=O) groups excluding carboxylic acids is 1. The molecule has 1 aliphatic rings. The first-order chi connectivity index (χ1) is 12.1. The fraction of sp³-hybridized carbons (Fsp3) is 0.579. The minimum absolute atomic E-state index is 0.207. The van der Waals surface area contributed by atoms with E-state index in [-0.39, 0.29) is 17.4 Å². The van der Waals surface area contributed by atoms with Crippen molar-refractivity contribution in [3.8, 4) is 0 Å². The van der Waals surface area contributed by atoms with E-state index in [0.717, 1.165) is 37.7 Å². The SMILES string of the molecule is CCCc1c(C(=O)N=C(N)N)ccc(C2CCC(C)CC2)c1S(C)(=O)=O.